The zero-order valence-electron chi connectivity index (χ0n) is 26.0. The predicted molar refractivity (Wildman–Crippen MR) is 174 cm³/mol. The number of amides is 1. The van der Waals surface area contributed by atoms with Crippen molar-refractivity contribution in [2.45, 2.75) is 63.7 Å². The minimum absolute atomic E-state index is 0.307. The number of carbonyl (C=O) groups is 1. The smallest absolute Gasteiger partial charge is 0.410 e. The molecule has 2 aliphatic rings. The molecule has 1 amide bonds. The van der Waals surface area contributed by atoms with E-state index in [1.165, 1.54) is 9.77 Å². The van der Waals surface area contributed by atoms with E-state index < -0.39 is 5.60 Å². The van der Waals surface area contributed by atoms with Crippen molar-refractivity contribution in [3.05, 3.63) is 71.5 Å². The lowest BCUT2D eigenvalue weighted by molar-refractivity contribution is 0.0263. The first-order valence-corrected chi connectivity index (χ1v) is 15.8. The van der Waals surface area contributed by atoms with E-state index in [0.29, 0.717) is 18.9 Å². The molecule has 4 rings (SSSR count). The molecule has 0 aliphatic carbocycles. The van der Waals surface area contributed by atoms with Crippen LogP contribution in [0.5, 0.6) is 0 Å². The van der Waals surface area contributed by atoms with Crippen LogP contribution in [0.15, 0.2) is 69.6 Å². The van der Waals surface area contributed by atoms with Crippen LogP contribution in [-0.4, -0.2) is 68.6 Å². The number of ether oxygens (including phenoxy) is 1. The number of unbranched alkanes of at least 4 members (excludes halogenated alkanes) is 1. The van der Waals surface area contributed by atoms with Crippen LogP contribution in [0.3, 0.4) is 0 Å². The van der Waals surface area contributed by atoms with Crippen molar-refractivity contribution in [3.8, 4) is 0 Å². The Balaban J connectivity index is 1.75. The van der Waals surface area contributed by atoms with Gasteiger partial charge in [0.25, 0.3) is 0 Å². The third-order valence-electron chi connectivity index (χ3n) is 6.46. The van der Waals surface area contributed by atoms with Crippen molar-refractivity contribution in [2.75, 3.05) is 27.2 Å². The van der Waals surface area contributed by atoms with E-state index in [1.807, 2.05) is 54.3 Å². The van der Waals surface area contributed by atoms with Crippen LogP contribution in [0.2, 0.25) is 0 Å². The summed E-state index contributed by atoms with van der Waals surface area (Å²) in [5, 5.41) is 8.89. The minimum Gasteiger partial charge on any atom is -0.444 e. The molecule has 2 aromatic heterocycles. The number of hydrogen-bond acceptors (Lipinski definition) is 8. The fourth-order valence-electron chi connectivity index (χ4n) is 4.51. The first kappa shape index (κ1) is 31.7. The van der Waals surface area contributed by atoms with Gasteiger partial charge in [0, 0.05) is 31.6 Å². The first-order chi connectivity index (χ1) is 19.8. The standard InChI is InChI=1S/C31H43N7O2S2/c1-10-11-14-26(24-17-32-36(9)18-24)38-20-25(23-13-12-15-37(19-23)30(39)40-31(4,5)6)33-28(22(38)3)34-27-16-21(2)29(41-27)42-35(7)8/h13-14,16-18,20H,3,10-12,15,19H2,1-2,4-9H3,(H,33,34)/b26-14-. The van der Waals surface area contributed by atoms with Gasteiger partial charge in [-0.15, -0.1) is 11.3 Å². The lowest BCUT2D eigenvalue weighted by atomic mass is 10.0. The lowest BCUT2D eigenvalue weighted by Crippen LogP contribution is -2.43. The first-order valence-electron chi connectivity index (χ1n) is 14.2. The highest BCUT2D eigenvalue weighted by Gasteiger charge is 2.30. The molecule has 0 saturated heterocycles. The van der Waals surface area contributed by atoms with Crippen LogP contribution < -0.4 is 5.32 Å². The maximum absolute atomic E-state index is 13.0. The Kier molecular flexibility index (Phi) is 10.1. The Morgan fingerprint density at radius 3 is 2.76 bits per heavy atom. The van der Waals surface area contributed by atoms with E-state index in [2.05, 4.69) is 64.5 Å². The molecule has 0 spiro atoms. The molecule has 0 unspecified atom stereocenters. The van der Waals surface area contributed by atoms with Crippen LogP contribution in [0, 0.1) is 6.92 Å². The van der Waals surface area contributed by atoms with Gasteiger partial charge in [-0.1, -0.05) is 32.1 Å². The van der Waals surface area contributed by atoms with E-state index >= 15 is 0 Å². The quantitative estimate of drug-likeness (QED) is 0.321. The summed E-state index contributed by atoms with van der Waals surface area (Å²) in [5.41, 5.74) is 5.23. The summed E-state index contributed by atoms with van der Waals surface area (Å²) in [5.74, 6) is 0.664. The molecule has 2 aliphatic heterocycles. The number of amidine groups is 1. The number of rotatable bonds is 8. The SMILES string of the molecule is C=C1/C(=N/c2cc(C)c(SN(C)C)s2)NC(C2=CCCN(C(=O)OC(C)(C)C)C2)=CN1/C(=C\CCC)c1cnn(C)c1. The molecular formula is C31H43N7O2S2. The van der Waals surface area contributed by atoms with Gasteiger partial charge in [0.05, 0.1) is 34.0 Å². The highest BCUT2D eigenvalue weighted by atomic mass is 32.2. The molecule has 2 aromatic rings. The molecule has 226 valence electrons. The van der Waals surface area contributed by atoms with Gasteiger partial charge in [-0.3, -0.25) is 8.99 Å². The number of carbonyl (C=O) groups excluding carboxylic acids is 1. The number of nitrogens with one attached hydrogen (secondary N) is 1. The van der Waals surface area contributed by atoms with E-state index in [0.717, 1.165) is 52.5 Å². The Labute approximate surface area is 258 Å². The van der Waals surface area contributed by atoms with Crippen molar-refractivity contribution < 1.29 is 9.53 Å². The Bertz CT molecular complexity index is 1440. The second-order valence-electron chi connectivity index (χ2n) is 11.6. The highest BCUT2D eigenvalue weighted by molar-refractivity contribution is 7.99. The predicted octanol–water partition coefficient (Wildman–Crippen LogP) is 7.06. The number of aryl methyl sites for hydroxylation is 2. The zero-order valence-corrected chi connectivity index (χ0v) is 27.7. The van der Waals surface area contributed by atoms with Gasteiger partial charge >= 0.3 is 6.09 Å². The number of nitrogens with zero attached hydrogens (tertiary/aromatic N) is 6. The van der Waals surface area contributed by atoms with Crippen LogP contribution >= 0.6 is 23.3 Å². The molecule has 11 heteroatoms. The van der Waals surface area contributed by atoms with Gasteiger partial charge in [-0.05, 0) is 83.8 Å². The van der Waals surface area contributed by atoms with Crippen LogP contribution in [0.4, 0.5) is 9.80 Å². The fraction of sp³-hybridized carbons (Fsp3) is 0.452. The number of hydrogen-bond donors (Lipinski definition) is 1. The lowest BCUT2D eigenvalue weighted by Gasteiger charge is -2.35. The van der Waals surface area contributed by atoms with E-state index in [4.69, 9.17) is 9.73 Å². The average molecular weight is 610 g/mol. The molecule has 42 heavy (non-hydrogen) atoms. The maximum atomic E-state index is 13.0. The molecule has 0 aromatic carbocycles. The van der Waals surface area contributed by atoms with Gasteiger partial charge in [0.1, 0.15) is 10.6 Å². The third-order valence-corrected chi connectivity index (χ3v) is 8.71. The maximum Gasteiger partial charge on any atom is 0.410 e. The summed E-state index contributed by atoms with van der Waals surface area (Å²) in [6, 6.07) is 2.11. The molecule has 9 nitrogen and oxygen atoms in total. The van der Waals surface area contributed by atoms with Crippen molar-refractivity contribution in [3.63, 3.8) is 0 Å². The van der Waals surface area contributed by atoms with E-state index in [-0.39, 0.29) is 6.09 Å². The molecule has 0 radical (unpaired) electrons. The second kappa shape index (κ2) is 13.4. The van der Waals surface area contributed by atoms with Crippen molar-refractivity contribution in [2.24, 2.45) is 12.0 Å². The van der Waals surface area contributed by atoms with Crippen molar-refractivity contribution in [1.82, 2.24) is 29.2 Å². The van der Waals surface area contributed by atoms with Gasteiger partial charge in [-0.2, -0.15) is 5.10 Å². The topological polar surface area (TPSA) is 78.2 Å². The molecule has 0 bridgehead atoms. The molecule has 0 saturated carbocycles. The normalized spacial score (nSPS) is 17.5. The van der Waals surface area contributed by atoms with Crippen molar-refractivity contribution in [1.29, 1.82) is 0 Å². The number of aromatic nitrogens is 2. The van der Waals surface area contributed by atoms with Gasteiger partial charge in [0.15, 0.2) is 5.84 Å². The zero-order chi connectivity index (χ0) is 30.6. The largest absolute Gasteiger partial charge is 0.444 e. The molecule has 1 N–H and O–H groups in total. The third kappa shape index (κ3) is 7.96. The second-order valence-corrected chi connectivity index (χ2v) is 14.2. The summed E-state index contributed by atoms with van der Waals surface area (Å²) in [7, 11) is 5.99. The highest BCUT2D eigenvalue weighted by Crippen LogP contribution is 2.38. The minimum atomic E-state index is -0.555. The fourth-order valence-corrected chi connectivity index (χ4v) is 6.68. The molecular weight excluding hydrogens is 567 g/mol. The van der Waals surface area contributed by atoms with E-state index in [9.17, 15) is 4.79 Å². The van der Waals surface area contributed by atoms with E-state index in [1.54, 1.807) is 32.9 Å². The summed E-state index contributed by atoms with van der Waals surface area (Å²) in [6.07, 6.45) is 12.7. The van der Waals surface area contributed by atoms with Crippen LogP contribution in [0.1, 0.15) is 58.1 Å². The molecule has 4 heterocycles. The summed E-state index contributed by atoms with van der Waals surface area (Å²) >= 11 is 3.35. The van der Waals surface area contributed by atoms with Gasteiger partial charge < -0.3 is 19.9 Å². The monoisotopic (exact) mass is 609 g/mol. The summed E-state index contributed by atoms with van der Waals surface area (Å²) in [4.78, 5) is 21.9. The van der Waals surface area contributed by atoms with Crippen LogP contribution in [-0.2, 0) is 11.8 Å². The summed E-state index contributed by atoms with van der Waals surface area (Å²) < 4.78 is 10.8. The Morgan fingerprint density at radius 1 is 1.36 bits per heavy atom. The number of allylic oxidation sites excluding steroid dienone is 1. The molecule has 0 fully saturated rings. The van der Waals surface area contributed by atoms with Gasteiger partial charge in [0.2, 0.25) is 0 Å². The average Bonchev–Trinajstić information content (AvgIpc) is 3.49. The number of aliphatic imine (C=N–C) groups is 1. The molecule has 0 atom stereocenters. The Morgan fingerprint density at radius 2 is 2.12 bits per heavy atom. The van der Waals surface area contributed by atoms with Gasteiger partial charge in [-0.25, -0.2) is 9.79 Å². The van der Waals surface area contributed by atoms with Crippen molar-refractivity contribution >= 4 is 45.9 Å². The summed E-state index contributed by atoms with van der Waals surface area (Å²) in [6.45, 7) is 15.5. The Hall–Kier alpha value is -3.28. The number of thiophene rings is 1. The van der Waals surface area contributed by atoms with Crippen LogP contribution in [0.25, 0.3) is 5.70 Å².